The number of ether oxygens (including phenoxy) is 2. The van der Waals surface area contributed by atoms with Crippen LogP contribution in [0.5, 0.6) is 11.5 Å². The minimum atomic E-state index is -0.289. The Labute approximate surface area is 147 Å². The fourth-order valence-corrected chi connectivity index (χ4v) is 2.85. The molecule has 25 heavy (non-hydrogen) atoms. The molecule has 0 bridgehead atoms. The van der Waals surface area contributed by atoms with Crippen molar-refractivity contribution in [3.63, 3.8) is 0 Å². The van der Waals surface area contributed by atoms with Gasteiger partial charge in [0.15, 0.2) is 6.61 Å². The normalized spacial score (nSPS) is 13.3. The first-order valence-corrected chi connectivity index (χ1v) is 8.45. The molecule has 0 radical (unpaired) electrons. The molecule has 3 rings (SSSR count). The predicted octanol–water partition coefficient (Wildman–Crippen LogP) is 3.10. The molecular formula is C20H22N2O3. The topological polar surface area (TPSA) is 59.9 Å². The highest BCUT2D eigenvalue weighted by molar-refractivity contribution is 5.83. The van der Waals surface area contributed by atoms with E-state index >= 15 is 0 Å². The molecule has 130 valence electrons. The number of fused-ring (bicyclic) bond motifs is 1. The van der Waals surface area contributed by atoms with Crippen molar-refractivity contribution in [1.82, 2.24) is 5.43 Å². The average molecular weight is 338 g/mol. The maximum atomic E-state index is 11.8. The number of aryl methyl sites for hydroxylation is 2. The van der Waals surface area contributed by atoms with Gasteiger partial charge in [-0.25, -0.2) is 5.43 Å². The Bertz CT molecular complexity index is 754. The molecule has 0 aliphatic heterocycles. The van der Waals surface area contributed by atoms with Crippen LogP contribution in [-0.4, -0.2) is 25.8 Å². The number of benzene rings is 2. The summed E-state index contributed by atoms with van der Waals surface area (Å²) in [5, 5.41) is 3.93. The number of hydrogen-bond acceptors (Lipinski definition) is 4. The monoisotopic (exact) mass is 338 g/mol. The molecule has 2 aromatic carbocycles. The Morgan fingerprint density at radius 1 is 1.08 bits per heavy atom. The summed E-state index contributed by atoms with van der Waals surface area (Å²) in [5.74, 6) is 1.22. The second kappa shape index (κ2) is 8.33. The van der Waals surface area contributed by atoms with Crippen LogP contribution in [0.1, 0.15) is 29.5 Å². The first-order valence-electron chi connectivity index (χ1n) is 8.45. The third-order valence-electron chi connectivity index (χ3n) is 4.21. The number of amides is 1. The van der Waals surface area contributed by atoms with Gasteiger partial charge in [-0.15, -0.1) is 0 Å². The summed E-state index contributed by atoms with van der Waals surface area (Å²) in [6.07, 6.45) is 6.27. The molecule has 0 saturated heterocycles. The van der Waals surface area contributed by atoms with Gasteiger partial charge in [0.25, 0.3) is 5.91 Å². The highest BCUT2D eigenvalue weighted by Crippen LogP contribution is 2.25. The summed E-state index contributed by atoms with van der Waals surface area (Å²) in [6, 6.07) is 13.5. The molecule has 1 amide bonds. The van der Waals surface area contributed by atoms with Crippen LogP contribution in [0, 0.1) is 0 Å². The van der Waals surface area contributed by atoms with Gasteiger partial charge >= 0.3 is 0 Å². The Morgan fingerprint density at radius 2 is 1.80 bits per heavy atom. The first-order chi connectivity index (χ1) is 12.2. The smallest absolute Gasteiger partial charge is 0.277 e. The predicted molar refractivity (Wildman–Crippen MR) is 97.3 cm³/mol. The Hall–Kier alpha value is -2.82. The maximum Gasteiger partial charge on any atom is 0.277 e. The van der Waals surface area contributed by atoms with Crippen LogP contribution in [0.15, 0.2) is 47.6 Å². The lowest BCUT2D eigenvalue weighted by Crippen LogP contribution is -2.24. The minimum Gasteiger partial charge on any atom is -0.497 e. The molecule has 0 spiro atoms. The van der Waals surface area contributed by atoms with E-state index in [0.717, 1.165) is 29.9 Å². The Balaban J connectivity index is 1.46. The standard InChI is InChI=1S/C20H22N2O3/c1-24-18-9-6-15(7-10-18)13-21-22-20(23)14-25-19-11-8-16-4-2-3-5-17(16)12-19/h6-13H,2-5,14H2,1H3,(H,22,23)/b21-13+. The van der Waals surface area contributed by atoms with Gasteiger partial charge in [-0.3, -0.25) is 4.79 Å². The van der Waals surface area contributed by atoms with E-state index in [-0.39, 0.29) is 12.5 Å². The van der Waals surface area contributed by atoms with Crippen LogP contribution >= 0.6 is 0 Å². The molecule has 5 heteroatoms. The van der Waals surface area contributed by atoms with Crippen molar-refractivity contribution in [1.29, 1.82) is 0 Å². The third kappa shape index (κ3) is 4.83. The van der Waals surface area contributed by atoms with Gasteiger partial charge in [-0.1, -0.05) is 6.07 Å². The van der Waals surface area contributed by atoms with E-state index < -0.39 is 0 Å². The van der Waals surface area contributed by atoms with Gasteiger partial charge in [0.1, 0.15) is 11.5 Å². The molecule has 0 heterocycles. The van der Waals surface area contributed by atoms with Crippen molar-refractivity contribution < 1.29 is 14.3 Å². The fourth-order valence-electron chi connectivity index (χ4n) is 2.85. The van der Waals surface area contributed by atoms with Crippen LogP contribution < -0.4 is 14.9 Å². The number of hydrogen-bond donors (Lipinski definition) is 1. The second-order valence-corrected chi connectivity index (χ2v) is 5.99. The molecule has 0 fully saturated rings. The van der Waals surface area contributed by atoms with Gasteiger partial charge < -0.3 is 9.47 Å². The molecule has 1 aliphatic rings. The number of rotatable bonds is 6. The average Bonchev–Trinajstić information content (AvgIpc) is 2.67. The maximum absolute atomic E-state index is 11.8. The SMILES string of the molecule is COc1ccc(/C=N/NC(=O)COc2ccc3c(c2)CCCC3)cc1. The summed E-state index contributed by atoms with van der Waals surface area (Å²) in [6.45, 7) is -0.0568. The lowest BCUT2D eigenvalue weighted by Gasteiger charge is -2.16. The molecule has 2 aromatic rings. The Morgan fingerprint density at radius 3 is 2.56 bits per heavy atom. The van der Waals surface area contributed by atoms with Crippen molar-refractivity contribution in [2.45, 2.75) is 25.7 Å². The van der Waals surface area contributed by atoms with Crippen molar-refractivity contribution in [2.75, 3.05) is 13.7 Å². The highest BCUT2D eigenvalue weighted by atomic mass is 16.5. The van der Waals surface area contributed by atoms with Crippen molar-refractivity contribution in [2.24, 2.45) is 5.10 Å². The zero-order chi connectivity index (χ0) is 17.5. The molecule has 0 unspecified atom stereocenters. The van der Waals surface area contributed by atoms with Crippen LogP contribution in [0.2, 0.25) is 0 Å². The zero-order valence-corrected chi connectivity index (χ0v) is 14.3. The van der Waals surface area contributed by atoms with E-state index in [1.165, 1.54) is 24.0 Å². The van der Waals surface area contributed by atoms with Gasteiger partial charge in [0.05, 0.1) is 13.3 Å². The highest BCUT2D eigenvalue weighted by Gasteiger charge is 2.10. The van der Waals surface area contributed by atoms with E-state index in [4.69, 9.17) is 9.47 Å². The molecule has 1 aliphatic carbocycles. The van der Waals surface area contributed by atoms with E-state index in [1.807, 2.05) is 36.4 Å². The molecule has 5 nitrogen and oxygen atoms in total. The van der Waals surface area contributed by atoms with E-state index in [2.05, 4.69) is 16.6 Å². The summed E-state index contributed by atoms with van der Waals surface area (Å²) in [4.78, 5) is 11.8. The summed E-state index contributed by atoms with van der Waals surface area (Å²) >= 11 is 0. The summed E-state index contributed by atoms with van der Waals surface area (Å²) in [5.41, 5.74) is 6.07. The minimum absolute atomic E-state index is 0.0568. The van der Waals surface area contributed by atoms with Crippen LogP contribution in [-0.2, 0) is 17.6 Å². The van der Waals surface area contributed by atoms with E-state index in [1.54, 1.807) is 13.3 Å². The quantitative estimate of drug-likeness (QED) is 0.650. The zero-order valence-electron chi connectivity index (χ0n) is 14.3. The molecule has 0 atom stereocenters. The van der Waals surface area contributed by atoms with E-state index in [9.17, 15) is 4.79 Å². The van der Waals surface area contributed by atoms with Gasteiger partial charge in [0.2, 0.25) is 0 Å². The van der Waals surface area contributed by atoms with Crippen molar-refractivity contribution in [3.05, 3.63) is 59.2 Å². The largest absolute Gasteiger partial charge is 0.497 e. The number of hydrazone groups is 1. The molecule has 1 N–H and O–H groups in total. The molecule has 0 aromatic heterocycles. The second-order valence-electron chi connectivity index (χ2n) is 5.99. The summed E-state index contributed by atoms with van der Waals surface area (Å²) in [7, 11) is 1.62. The van der Waals surface area contributed by atoms with Crippen molar-refractivity contribution in [3.8, 4) is 11.5 Å². The van der Waals surface area contributed by atoms with Crippen LogP contribution in [0.4, 0.5) is 0 Å². The lowest BCUT2D eigenvalue weighted by molar-refractivity contribution is -0.123. The molecule has 0 saturated carbocycles. The number of nitrogens with one attached hydrogen (secondary N) is 1. The van der Waals surface area contributed by atoms with E-state index in [0.29, 0.717) is 0 Å². The Kier molecular flexibility index (Phi) is 5.67. The first kappa shape index (κ1) is 17.0. The third-order valence-corrected chi connectivity index (χ3v) is 4.21. The number of methoxy groups -OCH3 is 1. The lowest BCUT2D eigenvalue weighted by atomic mass is 9.92. The van der Waals surface area contributed by atoms with Crippen molar-refractivity contribution >= 4 is 12.1 Å². The fraction of sp³-hybridized carbons (Fsp3) is 0.300. The van der Waals surface area contributed by atoms with Gasteiger partial charge in [-0.05, 0) is 78.8 Å². The number of nitrogens with zero attached hydrogens (tertiary/aromatic N) is 1. The number of carbonyl (C=O) groups is 1. The van der Waals surface area contributed by atoms with Gasteiger partial charge in [0, 0.05) is 0 Å². The summed E-state index contributed by atoms with van der Waals surface area (Å²) < 4.78 is 10.7. The van der Waals surface area contributed by atoms with Crippen LogP contribution in [0.3, 0.4) is 0 Å². The van der Waals surface area contributed by atoms with Crippen LogP contribution in [0.25, 0.3) is 0 Å². The van der Waals surface area contributed by atoms with Gasteiger partial charge in [-0.2, -0.15) is 5.10 Å². The number of carbonyl (C=O) groups excluding carboxylic acids is 1. The molecular weight excluding hydrogens is 316 g/mol.